The third-order valence-electron chi connectivity index (χ3n) is 3.78. The second-order valence-corrected chi connectivity index (χ2v) is 5.03. The highest BCUT2D eigenvalue weighted by molar-refractivity contribution is 5.73. The predicted molar refractivity (Wildman–Crippen MR) is 73.4 cm³/mol. The van der Waals surface area contributed by atoms with Gasteiger partial charge in [0.05, 0.1) is 11.6 Å². The Kier molecular flexibility index (Phi) is 4.53. The maximum atomic E-state index is 10.8. The van der Waals surface area contributed by atoms with Gasteiger partial charge in [0.25, 0.3) is 0 Å². The number of piperidine rings is 1. The highest BCUT2D eigenvalue weighted by Crippen LogP contribution is 2.30. The molecule has 19 heavy (non-hydrogen) atoms. The number of carbonyl (C=O) groups excluding carboxylic acids is 1. The minimum Gasteiger partial charge on any atom is -0.370 e. The van der Waals surface area contributed by atoms with Gasteiger partial charge in [0.2, 0.25) is 5.91 Å². The Morgan fingerprint density at radius 3 is 2.68 bits per heavy atom. The summed E-state index contributed by atoms with van der Waals surface area (Å²) in [4.78, 5) is 13.0. The number of hydrogen-bond acceptors (Lipinski definition) is 3. The van der Waals surface area contributed by atoms with Crippen LogP contribution in [0.25, 0.3) is 0 Å². The van der Waals surface area contributed by atoms with Gasteiger partial charge in [0, 0.05) is 13.0 Å². The molecule has 1 amide bonds. The number of primary amides is 1. The lowest BCUT2D eigenvalue weighted by molar-refractivity contribution is -0.118. The lowest BCUT2D eigenvalue weighted by atomic mass is 9.87. The molecular formula is C15H19N3O. The van der Waals surface area contributed by atoms with Crippen molar-refractivity contribution in [1.29, 1.82) is 5.26 Å². The van der Waals surface area contributed by atoms with E-state index in [1.807, 2.05) is 18.2 Å². The van der Waals surface area contributed by atoms with Crippen molar-refractivity contribution in [2.24, 2.45) is 5.73 Å². The molecule has 100 valence electrons. The van der Waals surface area contributed by atoms with Crippen molar-refractivity contribution >= 4 is 5.91 Å². The zero-order chi connectivity index (χ0) is 13.7. The normalized spacial score (nSPS) is 17.0. The van der Waals surface area contributed by atoms with Gasteiger partial charge in [-0.25, -0.2) is 0 Å². The van der Waals surface area contributed by atoms with Crippen molar-refractivity contribution in [3.63, 3.8) is 0 Å². The fourth-order valence-electron chi connectivity index (χ4n) is 2.69. The van der Waals surface area contributed by atoms with Gasteiger partial charge in [-0.3, -0.25) is 4.79 Å². The number of hydrogen-bond donors (Lipinski definition) is 1. The van der Waals surface area contributed by atoms with Crippen LogP contribution in [-0.4, -0.2) is 30.4 Å². The lowest BCUT2D eigenvalue weighted by Crippen LogP contribution is -2.35. The first kappa shape index (κ1) is 13.6. The molecule has 1 aliphatic rings. The van der Waals surface area contributed by atoms with Crippen LogP contribution < -0.4 is 5.73 Å². The van der Waals surface area contributed by atoms with Crippen molar-refractivity contribution in [2.75, 3.05) is 19.6 Å². The summed E-state index contributed by atoms with van der Waals surface area (Å²) in [6, 6.07) is 10.1. The standard InChI is InChI=1S/C15H19N3O/c16-11-13-3-1-2-4-14(13)12-5-8-18(9-6-12)10-7-15(17)19/h1-4,12H,5-10H2,(H2,17,19). The van der Waals surface area contributed by atoms with E-state index >= 15 is 0 Å². The number of likely N-dealkylation sites (tertiary alicyclic amines) is 1. The van der Waals surface area contributed by atoms with E-state index in [4.69, 9.17) is 11.0 Å². The van der Waals surface area contributed by atoms with Crippen LogP contribution >= 0.6 is 0 Å². The Hall–Kier alpha value is -1.86. The van der Waals surface area contributed by atoms with Crippen LogP contribution in [0.3, 0.4) is 0 Å². The highest BCUT2D eigenvalue weighted by Gasteiger charge is 2.22. The fourth-order valence-corrected chi connectivity index (χ4v) is 2.69. The topological polar surface area (TPSA) is 70.1 Å². The van der Waals surface area contributed by atoms with Gasteiger partial charge in [-0.2, -0.15) is 5.26 Å². The maximum Gasteiger partial charge on any atom is 0.218 e. The van der Waals surface area contributed by atoms with E-state index in [0.717, 1.165) is 38.0 Å². The molecule has 0 saturated carbocycles. The fraction of sp³-hybridized carbons (Fsp3) is 0.467. The Balaban J connectivity index is 1.93. The SMILES string of the molecule is N#Cc1ccccc1C1CCN(CCC(N)=O)CC1. The smallest absolute Gasteiger partial charge is 0.218 e. The van der Waals surface area contributed by atoms with Gasteiger partial charge in [0.1, 0.15) is 0 Å². The number of nitrogens with zero attached hydrogens (tertiary/aromatic N) is 2. The summed E-state index contributed by atoms with van der Waals surface area (Å²) < 4.78 is 0. The van der Waals surface area contributed by atoms with Crippen LogP contribution in [0.4, 0.5) is 0 Å². The second kappa shape index (κ2) is 6.35. The molecule has 4 heteroatoms. The highest BCUT2D eigenvalue weighted by atomic mass is 16.1. The third kappa shape index (κ3) is 3.55. The van der Waals surface area contributed by atoms with Gasteiger partial charge in [0.15, 0.2) is 0 Å². The Morgan fingerprint density at radius 1 is 1.37 bits per heavy atom. The van der Waals surface area contributed by atoms with Crippen LogP contribution in [0.1, 0.15) is 36.3 Å². The molecule has 1 aromatic rings. The van der Waals surface area contributed by atoms with Gasteiger partial charge < -0.3 is 10.6 Å². The van der Waals surface area contributed by atoms with Crippen molar-refractivity contribution < 1.29 is 4.79 Å². The Labute approximate surface area is 113 Å². The first-order chi connectivity index (χ1) is 9.20. The second-order valence-electron chi connectivity index (χ2n) is 5.03. The summed E-state index contributed by atoms with van der Waals surface area (Å²) in [7, 11) is 0. The monoisotopic (exact) mass is 257 g/mol. The average molecular weight is 257 g/mol. The number of benzene rings is 1. The predicted octanol–water partition coefficient (Wildman–Crippen LogP) is 1.61. The molecular weight excluding hydrogens is 238 g/mol. The molecule has 0 aromatic heterocycles. The van der Waals surface area contributed by atoms with Crippen LogP contribution in [0, 0.1) is 11.3 Å². The van der Waals surface area contributed by atoms with Crippen LogP contribution in [0.2, 0.25) is 0 Å². The summed E-state index contributed by atoms with van der Waals surface area (Å²) in [5.74, 6) is 0.220. The summed E-state index contributed by atoms with van der Waals surface area (Å²) in [5, 5.41) is 9.13. The van der Waals surface area contributed by atoms with Crippen molar-refractivity contribution in [3.8, 4) is 6.07 Å². The summed E-state index contributed by atoms with van der Waals surface area (Å²) in [5.41, 5.74) is 7.12. The largest absolute Gasteiger partial charge is 0.370 e. The van der Waals surface area contributed by atoms with Gasteiger partial charge in [-0.15, -0.1) is 0 Å². The van der Waals surface area contributed by atoms with E-state index in [1.165, 1.54) is 5.56 Å². The number of carbonyl (C=O) groups is 1. The molecule has 0 unspecified atom stereocenters. The number of nitrogens with two attached hydrogens (primary N) is 1. The minimum absolute atomic E-state index is 0.239. The van der Waals surface area contributed by atoms with E-state index < -0.39 is 0 Å². The molecule has 2 rings (SSSR count). The number of rotatable bonds is 4. The summed E-state index contributed by atoms with van der Waals surface area (Å²) in [6.45, 7) is 2.69. The molecule has 4 nitrogen and oxygen atoms in total. The van der Waals surface area contributed by atoms with Crippen LogP contribution in [-0.2, 0) is 4.79 Å². The number of nitriles is 1. The van der Waals surface area contributed by atoms with Crippen molar-refractivity contribution in [1.82, 2.24) is 4.90 Å². The Morgan fingerprint density at radius 2 is 2.05 bits per heavy atom. The van der Waals surface area contributed by atoms with Crippen molar-refractivity contribution in [3.05, 3.63) is 35.4 Å². The van der Waals surface area contributed by atoms with E-state index in [2.05, 4.69) is 17.0 Å². The molecule has 0 aliphatic carbocycles. The maximum absolute atomic E-state index is 10.8. The molecule has 2 N–H and O–H groups in total. The van der Waals surface area contributed by atoms with Gasteiger partial charge in [-0.05, 0) is 43.5 Å². The summed E-state index contributed by atoms with van der Waals surface area (Å²) in [6.07, 6.45) is 2.51. The molecule has 1 aliphatic heterocycles. The molecule has 1 saturated heterocycles. The van der Waals surface area contributed by atoms with Crippen molar-refractivity contribution in [2.45, 2.75) is 25.2 Å². The lowest BCUT2D eigenvalue weighted by Gasteiger charge is -2.32. The first-order valence-corrected chi connectivity index (χ1v) is 6.70. The molecule has 0 atom stereocenters. The van der Waals surface area contributed by atoms with Gasteiger partial charge in [-0.1, -0.05) is 18.2 Å². The molecule has 0 spiro atoms. The van der Waals surface area contributed by atoms with Crippen LogP contribution in [0.15, 0.2) is 24.3 Å². The molecule has 0 radical (unpaired) electrons. The molecule has 1 heterocycles. The molecule has 1 fully saturated rings. The summed E-state index contributed by atoms with van der Waals surface area (Å²) >= 11 is 0. The third-order valence-corrected chi connectivity index (χ3v) is 3.78. The van der Waals surface area contributed by atoms with Gasteiger partial charge >= 0.3 is 0 Å². The minimum atomic E-state index is -0.239. The average Bonchev–Trinajstić information content (AvgIpc) is 2.45. The molecule has 1 aromatic carbocycles. The Bertz CT molecular complexity index is 484. The molecule has 0 bridgehead atoms. The van der Waals surface area contributed by atoms with Crippen LogP contribution in [0.5, 0.6) is 0 Å². The first-order valence-electron chi connectivity index (χ1n) is 6.70. The van der Waals surface area contributed by atoms with E-state index in [0.29, 0.717) is 12.3 Å². The quantitative estimate of drug-likeness (QED) is 0.891. The van der Waals surface area contributed by atoms with E-state index in [-0.39, 0.29) is 5.91 Å². The zero-order valence-corrected chi connectivity index (χ0v) is 11.0. The zero-order valence-electron chi connectivity index (χ0n) is 11.0. The van der Waals surface area contributed by atoms with E-state index in [9.17, 15) is 4.79 Å². The number of amides is 1. The van der Waals surface area contributed by atoms with E-state index in [1.54, 1.807) is 0 Å².